The molecule has 6 nitrogen and oxygen atoms in total. The van der Waals surface area contributed by atoms with Gasteiger partial charge in [0.05, 0.1) is 5.41 Å². The van der Waals surface area contributed by atoms with Gasteiger partial charge in [-0.25, -0.2) is 0 Å². The number of carboxylic acid groups (broad SMARTS) is 1. The van der Waals surface area contributed by atoms with Crippen LogP contribution in [0.15, 0.2) is 0 Å². The number of rotatable bonds is 4. The molecule has 0 bridgehead atoms. The van der Waals surface area contributed by atoms with E-state index < -0.39 is 21.6 Å². The highest BCUT2D eigenvalue weighted by atomic mass is 32.2. The van der Waals surface area contributed by atoms with Gasteiger partial charge in [-0.3, -0.25) is 4.79 Å². The molecule has 0 saturated carbocycles. The third kappa shape index (κ3) is 3.40. The van der Waals surface area contributed by atoms with Crippen LogP contribution in [0.3, 0.4) is 0 Å². The quantitative estimate of drug-likeness (QED) is 0.770. The van der Waals surface area contributed by atoms with Gasteiger partial charge < -0.3 is 5.11 Å². The monoisotopic (exact) mass is 264 g/mol. The second-order valence-corrected chi connectivity index (χ2v) is 6.78. The molecule has 1 rings (SSSR count). The lowest BCUT2D eigenvalue weighted by molar-refractivity contribution is -0.150. The Morgan fingerprint density at radius 2 is 2.06 bits per heavy atom. The van der Waals surface area contributed by atoms with Gasteiger partial charge in [0.25, 0.3) is 10.2 Å². The standard InChI is InChI=1S/C10H20N2O4S/c1-8(2)11-17(15,16)12-6-4-5-10(3,7-12)9(13)14/h8,11H,4-7H2,1-3H3,(H,13,14). The van der Waals surface area contributed by atoms with Gasteiger partial charge in [0.15, 0.2) is 0 Å². The van der Waals surface area contributed by atoms with Gasteiger partial charge in [0, 0.05) is 19.1 Å². The number of carbonyl (C=O) groups is 1. The summed E-state index contributed by atoms with van der Waals surface area (Å²) in [5.41, 5.74) is -0.982. The average molecular weight is 264 g/mol. The molecule has 0 aromatic rings. The fourth-order valence-electron chi connectivity index (χ4n) is 1.95. The molecule has 1 atom stereocenters. The van der Waals surface area contributed by atoms with E-state index in [1.165, 1.54) is 4.31 Å². The van der Waals surface area contributed by atoms with Crippen molar-refractivity contribution in [3.63, 3.8) is 0 Å². The van der Waals surface area contributed by atoms with Crippen LogP contribution in [0.1, 0.15) is 33.6 Å². The summed E-state index contributed by atoms with van der Waals surface area (Å²) in [6, 6.07) is -0.196. The van der Waals surface area contributed by atoms with Crippen molar-refractivity contribution in [1.82, 2.24) is 9.03 Å². The molecular formula is C10H20N2O4S. The fourth-order valence-corrected chi connectivity index (χ4v) is 3.51. The molecule has 2 N–H and O–H groups in total. The van der Waals surface area contributed by atoms with Crippen molar-refractivity contribution in [3.8, 4) is 0 Å². The Hall–Kier alpha value is -0.660. The number of nitrogens with one attached hydrogen (secondary N) is 1. The van der Waals surface area contributed by atoms with Crippen LogP contribution < -0.4 is 4.72 Å². The molecule has 0 aromatic carbocycles. The summed E-state index contributed by atoms with van der Waals surface area (Å²) in [4.78, 5) is 11.1. The first-order valence-electron chi connectivity index (χ1n) is 5.68. The Morgan fingerprint density at radius 1 is 1.47 bits per heavy atom. The number of piperidine rings is 1. The molecule has 0 spiro atoms. The van der Waals surface area contributed by atoms with Crippen LogP contribution in [0.2, 0.25) is 0 Å². The SMILES string of the molecule is CC(C)NS(=O)(=O)N1CCCC(C)(C(=O)O)C1. The first-order chi connectivity index (χ1) is 7.67. The molecule has 1 heterocycles. The molecule has 1 aliphatic rings. The van der Waals surface area contributed by atoms with E-state index in [1.807, 2.05) is 0 Å². The number of nitrogens with zero attached hydrogens (tertiary/aromatic N) is 1. The molecule has 0 aromatic heterocycles. The molecule has 100 valence electrons. The van der Waals surface area contributed by atoms with Crippen molar-refractivity contribution in [2.45, 2.75) is 39.7 Å². The van der Waals surface area contributed by atoms with Crippen molar-refractivity contribution in [1.29, 1.82) is 0 Å². The predicted octanol–water partition coefficient (Wildman–Crippen LogP) is 0.416. The summed E-state index contributed by atoms with van der Waals surface area (Å²) in [6.07, 6.45) is 1.08. The Labute approximate surface area is 102 Å². The fraction of sp³-hybridized carbons (Fsp3) is 0.900. The van der Waals surface area contributed by atoms with E-state index in [0.717, 1.165) is 0 Å². The van der Waals surface area contributed by atoms with Crippen LogP contribution in [-0.2, 0) is 15.0 Å². The Bertz CT molecular complexity index is 393. The average Bonchev–Trinajstić information content (AvgIpc) is 2.15. The van der Waals surface area contributed by atoms with Crippen LogP contribution >= 0.6 is 0 Å². The number of hydrogen-bond acceptors (Lipinski definition) is 3. The number of aliphatic carboxylic acids is 1. The highest BCUT2D eigenvalue weighted by Gasteiger charge is 2.41. The maximum absolute atomic E-state index is 11.9. The minimum Gasteiger partial charge on any atom is -0.481 e. The summed E-state index contributed by atoms with van der Waals surface area (Å²) in [6.45, 7) is 5.47. The van der Waals surface area contributed by atoms with Crippen molar-refractivity contribution in [2.75, 3.05) is 13.1 Å². The Balaban J connectivity index is 2.83. The van der Waals surface area contributed by atoms with E-state index >= 15 is 0 Å². The van der Waals surface area contributed by atoms with Crippen LogP contribution in [0.5, 0.6) is 0 Å². The van der Waals surface area contributed by atoms with Crippen molar-refractivity contribution >= 4 is 16.2 Å². The van der Waals surface area contributed by atoms with Gasteiger partial charge in [0.2, 0.25) is 0 Å². The van der Waals surface area contributed by atoms with Crippen molar-refractivity contribution in [3.05, 3.63) is 0 Å². The summed E-state index contributed by atoms with van der Waals surface area (Å²) in [5, 5.41) is 9.12. The van der Waals surface area contributed by atoms with Gasteiger partial charge in [-0.1, -0.05) is 0 Å². The second kappa shape index (κ2) is 4.91. The Morgan fingerprint density at radius 3 is 2.53 bits per heavy atom. The molecule has 0 aliphatic carbocycles. The van der Waals surface area contributed by atoms with E-state index in [1.54, 1.807) is 20.8 Å². The van der Waals surface area contributed by atoms with E-state index in [9.17, 15) is 13.2 Å². The highest BCUT2D eigenvalue weighted by Crippen LogP contribution is 2.30. The second-order valence-electron chi connectivity index (χ2n) is 5.08. The van der Waals surface area contributed by atoms with E-state index in [0.29, 0.717) is 19.4 Å². The van der Waals surface area contributed by atoms with Crippen LogP contribution in [0.25, 0.3) is 0 Å². The molecule has 1 aliphatic heterocycles. The molecule has 1 fully saturated rings. The zero-order valence-corrected chi connectivity index (χ0v) is 11.2. The largest absolute Gasteiger partial charge is 0.481 e. The maximum atomic E-state index is 11.9. The van der Waals surface area contributed by atoms with Gasteiger partial charge >= 0.3 is 5.97 Å². The lowest BCUT2D eigenvalue weighted by Crippen LogP contribution is -2.52. The molecule has 0 radical (unpaired) electrons. The lowest BCUT2D eigenvalue weighted by atomic mass is 9.83. The molecule has 0 amide bonds. The summed E-state index contributed by atoms with van der Waals surface area (Å²) in [7, 11) is -3.57. The Kier molecular flexibility index (Phi) is 4.16. The van der Waals surface area contributed by atoms with E-state index in [2.05, 4.69) is 4.72 Å². The minimum absolute atomic E-state index is 0.0321. The minimum atomic E-state index is -3.57. The zero-order valence-electron chi connectivity index (χ0n) is 10.4. The molecular weight excluding hydrogens is 244 g/mol. The van der Waals surface area contributed by atoms with Gasteiger partial charge in [-0.15, -0.1) is 0 Å². The summed E-state index contributed by atoms with van der Waals surface area (Å²) in [5.74, 6) is -0.943. The van der Waals surface area contributed by atoms with Crippen LogP contribution in [0.4, 0.5) is 0 Å². The van der Waals surface area contributed by atoms with Crippen molar-refractivity contribution < 1.29 is 18.3 Å². The summed E-state index contributed by atoms with van der Waals surface area (Å²) < 4.78 is 27.6. The van der Waals surface area contributed by atoms with Gasteiger partial charge in [-0.2, -0.15) is 17.4 Å². The lowest BCUT2D eigenvalue weighted by Gasteiger charge is -2.36. The molecule has 7 heteroatoms. The van der Waals surface area contributed by atoms with Crippen LogP contribution in [-0.4, -0.2) is 42.9 Å². The third-order valence-corrected chi connectivity index (χ3v) is 4.66. The van der Waals surface area contributed by atoms with E-state index in [4.69, 9.17) is 5.11 Å². The molecule has 1 saturated heterocycles. The van der Waals surface area contributed by atoms with Gasteiger partial charge in [0.1, 0.15) is 0 Å². The molecule has 17 heavy (non-hydrogen) atoms. The van der Waals surface area contributed by atoms with E-state index in [-0.39, 0.29) is 12.6 Å². The number of carboxylic acids is 1. The number of hydrogen-bond donors (Lipinski definition) is 2. The smallest absolute Gasteiger partial charge is 0.310 e. The first-order valence-corrected chi connectivity index (χ1v) is 7.12. The predicted molar refractivity (Wildman–Crippen MR) is 63.7 cm³/mol. The first kappa shape index (κ1) is 14.4. The zero-order chi connectivity index (χ0) is 13.3. The topological polar surface area (TPSA) is 86.7 Å². The maximum Gasteiger partial charge on any atom is 0.310 e. The molecule has 1 unspecified atom stereocenters. The summed E-state index contributed by atoms with van der Waals surface area (Å²) >= 11 is 0. The normalized spacial score (nSPS) is 27.3. The third-order valence-electron chi connectivity index (χ3n) is 2.90. The van der Waals surface area contributed by atoms with Crippen LogP contribution in [0, 0.1) is 5.41 Å². The van der Waals surface area contributed by atoms with Crippen molar-refractivity contribution in [2.24, 2.45) is 5.41 Å². The highest BCUT2D eigenvalue weighted by molar-refractivity contribution is 7.87. The van der Waals surface area contributed by atoms with Gasteiger partial charge in [-0.05, 0) is 33.6 Å².